The van der Waals surface area contributed by atoms with Gasteiger partial charge in [0.05, 0.1) is 6.42 Å². The van der Waals surface area contributed by atoms with Crippen LogP contribution in [0.25, 0.3) is 0 Å². The Morgan fingerprint density at radius 2 is 2.31 bits per heavy atom. The number of aldehydes is 1. The van der Waals surface area contributed by atoms with Crippen molar-refractivity contribution in [3.63, 3.8) is 0 Å². The minimum Gasteiger partial charge on any atom is -0.302 e. The van der Waals surface area contributed by atoms with E-state index in [-0.39, 0.29) is 12.2 Å². The van der Waals surface area contributed by atoms with E-state index in [1.165, 1.54) is 6.07 Å². The molecule has 1 rings (SSSR count). The maximum Gasteiger partial charge on any atom is 0.131 e. The van der Waals surface area contributed by atoms with E-state index in [1.807, 2.05) is 0 Å². The van der Waals surface area contributed by atoms with Gasteiger partial charge in [0, 0.05) is 5.56 Å². The molecular weight excluding hydrogens is 167 g/mol. The highest BCUT2D eigenvalue weighted by atomic mass is 19.1. The first-order chi connectivity index (χ1) is 6.24. The number of hydrogen-bond acceptors (Lipinski definition) is 1. The van der Waals surface area contributed by atoms with E-state index < -0.39 is 0 Å². The highest BCUT2D eigenvalue weighted by Crippen LogP contribution is 2.07. The van der Waals surface area contributed by atoms with Crippen molar-refractivity contribution in [3.8, 4) is 11.8 Å². The van der Waals surface area contributed by atoms with Crippen molar-refractivity contribution in [2.75, 3.05) is 0 Å². The number of hydrogen-bond donors (Lipinski definition) is 0. The first-order valence-corrected chi connectivity index (χ1v) is 3.92. The van der Waals surface area contributed by atoms with Crippen LogP contribution in [0.1, 0.15) is 17.5 Å². The van der Waals surface area contributed by atoms with Crippen LogP contribution in [-0.4, -0.2) is 6.29 Å². The Balaban J connectivity index is 2.87. The molecule has 0 saturated carbocycles. The van der Waals surface area contributed by atoms with Crippen LogP contribution in [-0.2, 0) is 4.79 Å². The summed E-state index contributed by atoms with van der Waals surface area (Å²) in [7, 11) is 0. The van der Waals surface area contributed by atoms with Crippen molar-refractivity contribution < 1.29 is 9.18 Å². The second-order valence-corrected chi connectivity index (χ2v) is 2.64. The van der Waals surface area contributed by atoms with Crippen molar-refractivity contribution in [3.05, 3.63) is 35.1 Å². The van der Waals surface area contributed by atoms with Gasteiger partial charge < -0.3 is 4.79 Å². The average Bonchev–Trinajstić information content (AvgIpc) is 2.12. The SMILES string of the molecule is Cc1ccc(C#CCC=O)cc1F. The lowest BCUT2D eigenvalue weighted by atomic mass is 10.1. The first-order valence-electron chi connectivity index (χ1n) is 3.92. The predicted molar refractivity (Wildman–Crippen MR) is 48.7 cm³/mol. The van der Waals surface area contributed by atoms with Crippen molar-refractivity contribution in [1.29, 1.82) is 0 Å². The minimum atomic E-state index is -0.266. The van der Waals surface area contributed by atoms with E-state index in [0.29, 0.717) is 11.1 Å². The molecule has 0 amide bonds. The standard InChI is InChI=1S/C11H9FO/c1-9-5-6-10(8-11(9)12)4-2-3-7-13/h5-8H,3H2,1H3. The molecule has 0 aliphatic heterocycles. The van der Waals surface area contributed by atoms with Crippen molar-refractivity contribution in [2.24, 2.45) is 0 Å². The molecule has 0 spiro atoms. The molecule has 0 heterocycles. The normalized spacial score (nSPS) is 8.77. The molecule has 66 valence electrons. The maximum atomic E-state index is 13.0. The summed E-state index contributed by atoms with van der Waals surface area (Å²) in [5.74, 6) is 5.04. The highest BCUT2D eigenvalue weighted by Gasteiger charge is 1.95. The van der Waals surface area contributed by atoms with Crippen LogP contribution < -0.4 is 0 Å². The van der Waals surface area contributed by atoms with E-state index in [4.69, 9.17) is 0 Å². The van der Waals surface area contributed by atoms with E-state index in [0.717, 1.165) is 6.29 Å². The van der Waals surface area contributed by atoms with Crippen LogP contribution >= 0.6 is 0 Å². The summed E-state index contributed by atoms with van der Waals surface area (Å²) in [5.41, 5.74) is 1.20. The second kappa shape index (κ2) is 4.42. The summed E-state index contributed by atoms with van der Waals surface area (Å²) >= 11 is 0. The molecule has 0 fully saturated rings. The number of halogens is 1. The molecule has 0 aromatic heterocycles. The molecule has 0 radical (unpaired) electrons. The smallest absolute Gasteiger partial charge is 0.131 e. The van der Waals surface area contributed by atoms with Crippen LogP contribution in [0.4, 0.5) is 4.39 Å². The van der Waals surface area contributed by atoms with E-state index >= 15 is 0 Å². The molecule has 2 heteroatoms. The van der Waals surface area contributed by atoms with Gasteiger partial charge in [-0.05, 0) is 24.6 Å². The van der Waals surface area contributed by atoms with Crippen LogP contribution in [0, 0.1) is 24.6 Å². The summed E-state index contributed by atoms with van der Waals surface area (Å²) in [6.07, 6.45) is 0.910. The molecule has 0 bridgehead atoms. The fourth-order valence-corrected chi connectivity index (χ4v) is 0.865. The predicted octanol–water partition coefficient (Wildman–Crippen LogP) is 2.07. The zero-order valence-electron chi connectivity index (χ0n) is 7.30. The van der Waals surface area contributed by atoms with Crippen LogP contribution in [0.3, 0.4) is 0 Å². The van der Waals surface area contributed by atoms with Gasteiger partial charge in [-0.1, -0.05) is 17.9 Å². The topological polar surface area (TPSA) is 17.1 Å². The lowest BCUT2D eigenvalue weighted by Crippen LogP contribution is -1.83. The Kier molecular flexibility index (Phi) is 3.22. The van der Waals surface area contributed by atoms with E-state index in [1.54, 1.807) is 19.1 Å². The largest absolute Gasteiger partial charge is 0.302 e. The Morgan fingerprint density at radius 1 is 1.54 bits per heavy atom. The molecule has 1 aromatic carbocycles. The highest BCUT2D eigenvalue weighted by molar-refractivity contribution is 5.55. The summed E-state index contributed by atoms with van der Waals surface area (Å²) in [5, 5.41) is 0. The third kappa shape index (κ3) is 2.72. The van der Waals surface area contributed by atoms with Gasteiger partial charge in [-0.25, -0.2) is 4.39 Å². The van der Waals surface area contributed by atoms with Gasteiger partial charge in [0.1, 0.15) is 12.1 Å². The first kappa shape index (κ1) is 9.47. The average molecular weight is 176 g/mol. The third-order valence-electron chi connectivity index (χ3n) is 1.59. The molecule has 0 aliphatic carbocycles. The van der Waals surface area contributed by atoms with Crippen LogP contribution in [0.5, 0.6) is 0 Å². The lowest BCUT2D eigenvalue weighted by Gasteiger charge is -1.94. The molecule has 0 saturated heterocycles. The zero-order valence-corrected chi connectivity index (χ0v) is 7.30. The van der Waals surface area contributed by atoms with Crippen molar-refractivity contribution >= 4 is 6.29 Å². The lowest BCUT2D eigenvalue weighted by molar-refractivity contribution is -0.107. The summed E-state index contributed by atoms with van der Waals surface area (Å²) in [6, 6.07) is 4.77. The number of aryl methyl sites for hydroxylation is 1. The number of carbonyl (C=O) groups excluding carboxylic acids is 1. The van der Waals surface area contributed by atoms with E-state index in [2.05, 4.69) is 11.8 Å². The Bertz CT molecular complexity index is 371. The monoisotopic (exact) mass is 176 g/mol. The third-order valence-corrected chi connectivity index (χ3v) is 1.59. The molecule has 0 unspecified atom stereocenters. The van der Waals surface area contributed by atoms with Crippen LogP contribution in [0.15, 0.2) is 18.2 Å². The van der Waals surface area contributed by atoms with Crippen LogP contribution in [0.2, 0.25) is 0 Å². The number of rotatable bonds is 1. The van der Waals surface area contributed by atoms with Gasteiger partial charge in [-0.2, -0.15) is 0 Å². The molecular formula is C11H9FO. The molecule has 0 aliphatic rings. The van der Waals surface area contributed by atoms with Gasteiger partial charge in [-0.3, -0.25) is 0 Å². The molecule has 13 heavy (non-hydrogen) atoms. The second-order valence-electron chi connectivity index (χ2n) is 2.64. The maximum absolute atomic E-state index is 13.0. The molecule has 0 atom stereocenters. The van der Waals surface area contributed by atoms with Gasteiger partial charge in [-0.15, -0.1) is 0 Å². The summed E-state index contributed by atoms with van der Waals surface area (Å²) in [4.78, 5) is 9.94. The number of benzene rings is 1. The van der Waals surface area contributed by atoms with Gasteiger partial charge in [0.2, 0.25) is 0 Å². The quantitative estimate of drug-likeness (QED) is 0.473. The van der Waals surface area contributed by atoms with Gasteiger partial charge >= 0.3 is 0 Å². The fraction of sp³-hybridized carbons (Fsp3) is 0.182. The molecule has 1 nitrogen and oxygen atoms in total. The summed E-state index contributed by atoms with van der Waals surface area (Å²) < 4.78 is 13.0. The van der Waals surface area contributed by atoms with E-state index in [9.17, 15) is 9.18 Å². The van der Waals surface area contributed by atoms with Crippen molar-refractivity contribution in [2.45, 2.75) is 13.3 Å². The number of carbonyl (C=O) groups is 1. The Morgan fingerprint density at radius 3 is 2.92 bits per heavy atom. The van der Waals surface area contributed by atoms with Crippen molar-refractivity contribution in [1.82, 2.24) is 0 Å². The minimum absolute atomic E-state index is 0.190. The summed E-state index contributed by atoms with van der Waals surface area (Å²) in [6.45, 7) is 1.69. The Hall–Kier alpha value is -1.62. The zero-order chi connectivity index (χ0) is 9.68. The van der Waals surface area contributed by atoms with Gasteiger partial charge in [0.15, 0.2) is 0 Å². The Labute approximate surface area is 76.6 Å². The fourth-order valence-electron chi connectivity index (χ4n) is 0.865. The molecule has 0 N–H and O–H groups in total. The van der Waals surface area contributed by atoms with Gasteiger partial charge in [0.25, 0.3) is 0 Å². The molecule has 1 aromatic rings.